The van der Waals surface area contributed by atoms with E-state index < -0.39 is 23.0 Å². The van der Waals surface area contributed by atoms with Crippen molar-refractivity contribution in [1.82, 2.24) is 9.97 Å². The number of halogens is 2. The number of anilines is 1. The molecule has 0 radical (unpaired) electrons. The predicted molar refractivity (Wildman–Crippen MR) is 81.4 cm³/mol. The predicted octanol–water partition coefficient (Wildman–Crippen LogP) is 2.76. The molecule has 0 saturated carbocycles. The maximum Gasteiger partial charge on any atom is 0.262 e. The fraction of sp³-hybridized carbons (Fsp3) is 0.0625. The van der Waals surface area contributed by atoms with Crippen LogP contribution in [0.4, 0.5) is 14.6 Å². The van der Waals surface area contributed by atoms with Crippen LogP contribution in [0.25, 0.3) is 10.9 Å². The lowest BCUT2D eigenvalue weighted by atomic mass is 10.1. The Hall–Kier alpha value is -3.09. The Morgan fingerprint density at radius 1 is 1.30 bits per heavy atom. The van der Waals surface area contributed by atoms with E-state index in [-0.39, 0.29) is 16.5 Å². The zero-order valence-electron chi connectivity index (χ0n) is 12.0. The van der Waals surface area contributed by atoms with Crippen molar-refractivity contribution in [1.29, 1.82) is 0 Å². The van der Waals surface area contributed by atoms with Crippen molar-refractivity contribution in [3.05, 3.63) is 69.6 Å². The van der Waals surface area contributed by atoms with E-state index in [9.17, 15) is 18.4 Å². The number of pyridine rings is 2. The first-order valence-corrected chi connectivity index (χ1v) is 6.71. The largest absolute Gasteiger partial charge is 0.360 e. The molecule has 0 atom stereocenters. The highest BCUT2D eigenvalue weighted by Crippen LogP contribution is 2.16. The van der Waals surface area contributed by atoms with E-state index in [2.05, 4.69) is 15.3 Å². The number of nitrogens with one attached hydrogen (secondary N) is 2. The first-order valence-electron chi connectivity index (χ1n) is 6.71. The van der Waals surface area contributed by atoms with Crippen molar-refractivity contribution < 1.29 is 13.6 Å². The molecule has 0 saturated heterocycles. The summed E-state index contributed by atoms with van der Waals surface area (Å²) in [5.74, 6) is -2.26. The summed E-state index contributed by atoms with van der Waals surface area (Å²) in [5.41, 5.74) is -0.403. The number of fused-ring (bicyclic) bond motifs is 1. The Morgan fingerprint density at radius 3 is 2.83 bits per heavy atom. The summed E-state index contributed by atoms with van der Waals surface area (Å²) < 4.78 is 27.0. The van der Waals surface area contributed by atoms with Crippen molar-refractivity contribution in [3.63, 3.8) is 0 Å². The molecule has 3 rings (SSSR count). The van der Waals surface area contributed by atoms with Gasteiger partial charge in [-0.25, -0.2) is 13.8 Å². The van der Waals surface area contributed by atoms with Gasteiger partial charge in [-0.05, 0) is 24.6 Å². The van der Waals surface area contributed by atoms with Crippen LogP contribution in [0.1, 0.15) is 15.9 Å². The first kappa shape index (κ1) is 14.8. The molecule has 0 bridgehead atoms. The number of hydrogen-bond acceptors (Lipinski definition) is 3. The molecule has 3 aromatic rings. The number of amides is 1. The monoisotopic (exact) mass is 315 g/mol. The molecule has 0 aliphatic carbocycles. The van der Waals surface area contributed by atoms with E-state index in [1.807, 2.05) is 0 Å². The molecule has 0 aliphatic rings. The molecule has 116 valence electrons. The first-order chi connectivity index (χ1) is 11.0. The minimum Gasteiger partial charge on any atom is -0.360 e. The van der Waals surface area contributed by atoms with Gasteiger partial charge in [-0.1, -0.05) is 6.07 Å². The Morgan fingerprint density at radius 2 is 2.09 bits per heavy atom. The smallest absolute Gasteiger partial charge is 0.262 e. The molecule has 2 heterocycles. The van der Waals surface area contributed by atoms with E-state index in [4.69, 9.17) is 0 Å². The molecule has 0 spiro atoms. The molecule has 0 unspecified atom stereocenters. The van der Waals surface area contributed by atoms with Gasteiger partial charge in [0.15, 0.2) is 0 Å². The van der Waals surface area contributed by atoms with Gasteiger partial charge in [0.1, 0.15) is 23.0 Å². The van der Waals surface area contributed by atoms with Crippen LogP contribution >= 0.6 is 0 Å². The van der Waals surface area contributed by atoms with Gasteiger partial charge in [0, 0.05) is 18.5 Å². The summed E-state index contributed by atoms with van der Waals surface area (Å²) in [6.45, 7) is 1.75. The van der Waals surface area contributed by atoms with E-state index >= 15 is 0 Å². The number of carbonyl (C=O) groups excluding carboxylic acids is 1. The normalized spacial score (nSPS) is 10.7. The van der Waals surface area contributed by atoms with Crippen LogP contribution in [-0.4, -0.2) is 15.9 Å². The minimum absolute atomic E-state index is 0.0157. The van der Waals surface area contributed by atoms with Gasteiger partial charge in [-0.15, -0.1) is 0 Å². The van der Waals surface area contributed by atoms with Crippen molar-refractivity contribution >= 4 is 22.6 Å². The molecule has 0 aliphatic heterocycles. The van der Waals surface area contributed by atoms with Gasteiger partial charge in [0.2, 0.25) is 5.43 Å². The molecule has 1 amide bonds. The fourth-order valence-electron chi connectivity index (χ4n) is 2.23. The summed E-state index contributed by atoms with van der Waals surface area (Å²) in [7, 11) is 0. The molecule has 1 aromatic carbocycles. The van der Waals surface area contributed by atoms with Crippen molar-refractivity contribution in [2.45, 2.75) is 6.92 Å². The third kappa shape index (κ3) is 2.68. The van der Waals surface area contributed by atoms with Crippen LogP contribution < -0.4 is 10.7 Å². The lowest BCUT2D eigenvalue weighted by Gasteiger charge is -2.07. The number of aromatic nitrogens is 2. The molecule has 0 fully saturated rings. The van der Waals surface area contributed by atoms with Crippen LogP contribution in [0.5, 0.6) is 0 Å². The number of hydrogen-bond donors (Lipinski definition) is 2. The van der Waals surface area contributed by atoms with E-state index in [1.165, 1.54) is 6.20 Å². The van der Waals surface area contributed by atoms with Gasteiger partial charge >= 0.3 is 0 Å². The van der Waals surface area contributed by atoms with Crippen molar-refractivity contribution in [2.24, 2.45) is 0 Å². The summed E-state index contributed by atoms with van der Waals surface area (Å²) in [4.78, 5) is 31.1. The summed E-state index contributed by atoms with van der Waals surface area (Å²) in [6, 6.07) is 5.04. The summed E-state index contributed by atoms with van der Waals surface area (Å²) in [5, 5.41) is 2.13. The Balaban J connectivity index is 2.07. The Kier molecular flexibility index (Phi) is 3.61. The number of rotatable bonds is 2. The average molecular weight is 315 g/mol. The molecule has 23 heavy (non-hydrogen) atoms. The zero-order chi connectivity index (χ0) is 16.6. The summed E-state index contributed by atoms with van der Waals surface area (Å²) >= 11 is 0. The van der Waals surface area contributed by atoms with E-state index in [1.54, 1.807) is 19.1 Å². The van der Waals surface area contributed by atoms with Crippen LogP contribution in [-0.2, 0) is 0 Å². The Labute approximate surface area is 129 Å². The number of carbonyl (C=O) groups is 1. The molecular formula is C16H11F2N3O2. The minimum atomic E-state index is -1.02. The molecular weight excluding hydrogens is 304 g/mol. The highest BCUT2D eigenvalue weighted by atomic mass is 19.1. The van der Waals surface area contributed by atoms with Gasteiger partial charge in [0.05, 0.1) is 10.9 Å². The number of nitrogens with zero attached hydrogens (tertiary/aromatic N) is 1. The van der Waals surface area contributed by atoms with Gasteiger partial charge in [-0.2, -0.15) is 0 Å². The topological polar surface area (TPSA) is 74.8 Å². The summed E-state index contributed by atoms with van der Waals surface area (Å²) in [6.07, 6.45) is 2.62. The lowest BCUT2D eigenvalue weighted by molar-refractivity contribution is 0.102. The Bertz CT molecular complexity index is 983. The second kappa shape index (κ2) is 5.60. The standard InChI is InChI=1S/C16H11F2N3O2/c1-8-3-2-4-19-15(8)21-16(23)10-7-20-12-6-9(17)5-11(18)13(12)14(10)22/h2-7H,1H3,(H,20,22)(H,19,21,23). The van der Waals surface area contributed by atoms with Crippen LogP contribution in [0, 0.1) is 18.6 Å². The molecule has 7 heteroatoms. The molecule has 5 nitrogen and oxygen atoms in total. The third-order valence-corrected chi connectivity index (χ3v) is 3.38. The quantitative estimate of drug-likeness (QED) is 0.763. The maximum absolute atomic E-state index is 13.8. The van der Waals surface area contributed by atoms with Crippen LogP contribution in [0.2, 0.25) is 0 Å². The van der Waals surface area contributed by atoms with E-state index in [0.717, 1.165) is 12.3 Å². The highest BCUT2D eigenvalue weighted by Gasteiger charge is 2.17. The average Bonchev–Trinajstić information content (AvgIpc) is 2.49. The van der Waals surface area contributed by atoms with Crippen molar-refractivity contribution in [2.75, 3.05) is 5.32 Å². The number of benzene rings is 1. The van der Waals surface area contributed by atoms with Gasteiger partial charge in [0.25, 0.3) is 5.91 Å². The zero-order valence-corrected chi connectivity index (χ0v) is 12.0. The second-order valence-electron chi connectivity index (χ2n) is 4.96. The number of aromatic amines is 1. The van der Waals surface area contributed by atoms with Gasteiger partial charge < -0.3 is 10.3 Å². The number of H-pyrrole nitrogens is 1. The fourth-order valence-corrected chi connectivity index (χ4v) is 2.23. The van der Waals surface area contributed by atoms with Crippen LogP contribution in [0.15, 0.2) is 41.5 Å². The SMILES string of the molecule is Cc1cccnc1NC(=O)c1c[nH]c2cc(F)cc(F)c2c1=O. The number of aryl methyl sites for hydroxylation is 1. The third-order valence-electron chi connectivity index (χ3n) is 3.38. The highest BCUT2D eigenvalue weighted by molar-refractivity contribution is 6.05. The molecule has 2 aromatic heterocycles. The molecule has 2 N–H and O–H groups in total. The van der Waals surface area contributed by atoms with E-state index in [0.29, 0.717) is 17.4 Å². The van der Waals surface area contributed by atoms with Crippen LogP contribution in [0.3, 0.4) is 0 Å². The second-order valence-corrected chi connectivity index (χ2v) is 4.96. The van der Waals surface area contributed by atoms with Gasteiger partial charge in [-0.3, -0.25) is 9.59 Å². The van der Waals surface area contributed by atoms with Crippen molar-refractivity contribution in [3.8, 4) is 0 Å². The maximum atomic E-state index is 13.8. The lowest BCUT2D eigenvalue weighted by Crippen LogP contribution is -2.23.